The summed E-state index contributed by atoms with van der Waals surface area (Å²) in [5.74, 6) is 0.592. The molecule has 0 unspecified atom stereocenters. The Morgan fingerprint density at radius 2 is 1.94 bits per heavy atom. The lowest BCUT2D eigenvalue weighted by molar-refractivity contribution is 0.474. The summed E-state index contributed by atoms with van der Waals surface area (Å²) in [7, 11) is 0. The molecule has 0 aliphatic heterocycles. The third kappa shape index (κ3) is 1.80. The molecule has 0 saturated carbocycles. The largest absolute Gasteiger partial charge is 0.507 e. The van der Waals surface area contributed by atoms with E-state index in [1.165, 1.54) is 0 Å². The molecule has 17 heavy (non-hydrogen) atoms. The summed E-state index contributed by atoms with van der Waals surface area (Å²) in [5.41, 5.74) is 2.06. The van der Waals surface area contributed by atoms with Gasteiger partial charge >= 0.3 is 0 Å². The average Bonchev–Trinajstić information content (AvgIpc) is 2.72. The highest BCUT2D eigenvalue weighted by atomic mass is 79.9. The van der Waals surface area contributed by atoms with Gasteiger partial charge in [0, 0.05) is 4.47 Å². The van der Waals surface area contributed by atoms with Gasteiger partial charge in [0.25, 0.3) is 0 Å². The molecule has 1 aromatic heterocycles. The maximum atomic E-state index is 9.73. The maximum Gasteiger partial charge on any atom is 0.231 e. The molecule has 1 N–H and O–H groups in total. The molecule has 0 atom stereocenters. The van der Waals surface area contributed by atoms with Crippen LogP contribution in [0.5, 0.6) is 5.75 Å². The fraction of sp³-hybridized carbons (Fsp3) is 0. The third-order valence-corrected chi connectivity index (χ3v) is 2.98. The molecular weight excluding hydrogens is 282 g/mol. The van der Waals surface area contributed by atoms with Crippen LogP contribution in [0.25, 0.3) is 22.6 Å². The van der Waals surface area contributed by atoms with Gasteiger partial charge in [0.2, 0.25) is 5.89 Å². The van der Waals surface area contributed by atoms with E-state index >= 15 is 0 Å². The van der Waals surface area contributed by atoms with E-state index in [0.717, 1.165) is 9.99 Å². The first kappa shape index (κ1) is 10.4. The van der Waals surface area contributed by atoms with Crippen LogP contribution in [0.4, 0.5) is 0 Å². The van der Waals surface area contributed by atoms with E-state index in [2.05, 4.69) is 20.9 Å². The monoisotopic (exact) mass is 289 g/mol. The Kier molecular flexibility index (Phi) is 2.37. The predicted molar refractivity (Wildman–Crippen MR) is 68.8 cm³/mol. The van der Waals surface area contributed by atoms with E-state index < -0.39 is 0 Å². The Hall–Kier alpha value is -1.81. The Bertz CT molecular complexity index is 691. The van der Waals surface area contributed by atoms with Crippen molar-refractivity contribution in [2.75, 3.05) is 0 Å². The molecule has 0 radical (unpaired) electrons. The van der Waals surface area contributed by atoms with Crippen LogP contribution < -0.4 is 0 Å². The molecule has 84 valence electrons. The second-order valence-electron chi connectivity index (χ2n) is 3.65. The molecular formula is C13H8BrNO2. The minimum absolute atomic E-state index is 0.165. The van der Waals surface area contributed by atoms with Crippen molar-refractivity contribution in [3.05, 3.63) is 46.9 Å². The molecule has 2 aromatic carbocycles. The fourth-order valence-electron chi connectivity index (χ4n) is 1.67. The second-order valence-corrected chi connectivity index (χ2v) is 4.56. The minimum atomic E-state index is 0.165. The van der Waals surface area contributed by atoms with Gasteiger partial charge in [-0.25, -0.2) is 4.98 Å². The van der Waals surface area contributed by atoms with E-state index in [-0.39, 0.29) is 5.75 Å². The number of fused-ring (bicyclic) bond motifs is 1. The van der Waals surface area contributed by atoms with Crippen LogP contribution in [-0.4, -0.2) is 10.1 Å². The van der Waals surface area contributed by atoms with E-state index in [9.17, 15) is 5.11 Å². The zero-order valence-corrected chi connectivity index (χ0v) is 10.3. The topological polar surface area (TPSA) is 46.3 Å². The number of aromatic nitrogens is 1. The lowest BCUT2D eigenvalue weighted by Crippen LogP contribution is -1.77. The Labute approximate surface area is 106 Å². The summed E-state index contributed by atoms with van der Waals surface area (Å²) in [4.78, 5) is 4.34. The van der Waals surface area contributed by atoms with Crippen molar-refractivity contribution >= 4 is 27.0 Å². The average molecular weight is 290 g/mol. The number of phenolic OH excluding ortho intramolecular Hbond substituents is 1. The van der Waals surface area contributed by atoms with Gasteiger partial charge in [-0.05, 0) is 30.3 Å². The molecule has 4 heteroatoms. The molecule has 0 saturated heterocycles. The first-order valence-corrected chi connectivity index (χ1v) is 5.88. The van der Waals surface area contributed by atoms with E-state index in [4.69, 9.17) is 4.42 Å². The normalized spacial score (nSPS) is 10.9. The van der Waals surface area contributed by atoms with Crippen molar-refractivity contribution in [2.45, 2.75) is 0 Å². The van der Waals surface area contributed by atoms with Crippen LogP contribution in [0.3, 0.4) is 0 Å². The van der Waals surface area contributed by atoms with Gasteiger partial charge in [-0.2, -0.15) is 0 Å². The third-order valence-electron chi connectivity index (χ3n) is 2.48. The Morgan fingerprint density at radius 1 is 1.12 bits per heavy atom. The van der Waals surface area contributed by atoms with Gasteiger partial charge < -0.3 is 9.52 Å². The molecule has 0 spiro atoms. The fourth-order valence-corrected chi connectivity index (χ4v) is 2.01. The van der Waals surface area contributed by atoms with Crippen molar-refractivity contribution in [1.29, 1.82) is 0 Å². The van der Waals surface area contributed by atoms with Crippen molar-refractivity contribution in [1.82, 2.24) is 4.98 Å². The highest BCUT2D eigenvalue weighted by Gasteiger charge is 2.11. The maximum absolute atomic E-state index is 9.73. The summed E-state index contributed by atoms with van der Waals surface area (Å²) in [6, 6.07) is 12.6. The van der Waals surface area contributed by atoms with Gasteiger partial charge in [0.05, 0.1) is 5.56 Å². The number of hydrogen-bond acceptors (Lipinski definition) is 3. The highest BCUT2D eigenvalue weighted by molar-refractivity contribution is 9.10. The Morgan fingerprint density at radius 3 is 2.76 bits per heavy atom. The second kappa shape index (κ2) is 3.89. The summed E-state index contributed by atoms with van der Waals surface area (Å²) < 4.78 is 6.55. The number of aromatic hydroxyl groups is 1. The van der Waals surface area contributed by atoms with Crippen LogP contribution >= 0.6 is 15.9 Å². The zero-order valence-electron chi connectivity index (χ0n) is 8.72. The number of para-hydroxylation sites is 1. The quantitative estimate of drug-likeness (QED) is 0.737. The smallest absolute Gasteiger partial charge is 0.231 e. The first-order valence-electron chi connectivity index (χ1n) is 5.08. The predicted octanol–water partition coefficient (Wildman–Crippen LogP) is 3.96. The van der Waals surface area contributed by atoms with Gasteiger partial charge in [-0.15, -0.1) is 0 Å². The van der Waals surface area contributed by atoms with E-state index in [1.54, 1.807) is 18.2 Å². The molecule has 0 aliphatic rings. The zero-order chi connectivity index (χ0) is 11.8. The number of rotatable bonds is 1. The number of nitrogens with zero attached hydrogens (tertiary/aromatic N) is 1. The molecule has 1 heterocycles. The summed E-state index contributed by atoms with van der Waals surface area (Å²) in [6.07, 6.45) is 0. The van der Waals surface area contributed by atoms with Crippen LogP contribution in [0.2, 0.25) is 0 Å². The molecule has 0 fully saturated rings. The van der Waals surface area contributed by atoms with Crippen LogP contribution in [0, 0.1) is 0 Å². The van der Waals surface area contributed by atoms with Gasteiger partial charge in [0.1, 0.15) is 11.3 Å². The number of halogens is 1. The molecule has 3 rings (SSSR count). The van der Waals surface area contributed by atoms with Crippen LogP contribution in [-0.2, 0) is 0 Å². The number of phenols is 1. The number of oxazole rings is 1. The Balaban J connectivity index is 2.22. The van der Waals surface area contributed by atoms with Gasteiger partial charge in [0.15, 0.2) is 5.58 Å². The van der Waals surface area contributed by atoms with Crippen molar-refractivity contribution in [2.24, 2.45) is 0 Å². The molecule has 0 amide bonds. The van der Waals surface area contributed by atoms with Gasteiger partial charge in [-0.1, -0.05) is 28.1 Å². The summed E-state index contributed by atoms with van der Waals surface area (Å²) >= 11 is 3.38. The highest BCUT2D eigenvalue weighted by Crippen LogP contribution is 2.31. The lowest BCUT2D eigenvalue weighted by atomic mass is 10.2. The van der Waals surface area contributed by atoms with E-state index in [1.807, 2.05) is 24.3 Å². The van der Waals surface area contributed by atoms with E-state index in [0.29, 0.717) is 17.0 Å². The number of hydrogen-bond donors (Lipinski definition) is 1. The SMILES string of the molecule is Oc1ccccc1-c1nc2ccc(Br)cc2o1. The summed E-state index contributed by atoms with van der Waals surface area (Å²) in [5, 5.41) is 9.73. The molecule has 3 nitrogen and oxygen atoms in total. The van der Waals surface area contributed by atoms with Gasteiger partial charge in [-0.3, -0.25) is 0 Å². The van der Waals surface area contributed by atoms with Crippen LogP contribution in [0.15, 0.2) is 51.4 Å². The molecule has 0 aliphatic carbocycles. The summed E-state index contributed by atoms with van der Waals surface area (Å²) in [6.45, 7) is 0. The van der Waals surface area contributed by atoms with Crippen molar-refractivity contribution < 1.29 is 9.52 Å². The van der Waals surface area contributed by atoms with Crippen molar-refractivity contribution in [3.8, 4) is 17.2 Å². The lowest BCUT2D eigenvalue weighted by Gasteiger charge is -1.97. The molecule has 3 aromatic rings. The minimum Gasteiger partial charge on any atom is -0.507 e. The van der Waals surface area contributed by atoms with Crippen LogP contribution in [0.1, 0.15) is 0 Å². The first-order chi connectivity index (χ1) is 8.24. The number of benzene rings is 2. The standard InChI is InChI=1S/C13H8BrNO2/c14-8-5-6-10-12(7-8)17-13(15-10)9-3-1-2-4-11(9)16/h1-7,16H. The van der Waals surface area contributed by atoms with Crippen molar-refractivity contribution in [3.63, 3.8) is 0 Å². The molecule has 0 bridgehead atoms.